The number of nitrogens with zero attached hydrogens (tertiary/aromatic N) is 1. The molecule has 1 aromatic rings. The highest BCUT2D eigenvalue weighted by Gasteiger charge is 2.33. The number of halogens is 5. The van der Waals surface area contributed by atoms with Crippen molar-refractivity contribution < 1.29 is 27.1 Å². The molecular weight excluding hydrogens is 242 g/mol. The summed E-state index contributed by atoms with van der Waals surface area (Å²) in [5, 5.41) is -1.39. The van der Waals surface area contributed by atoms with E-state index in [2.05, 4.69) is 9.72 Å². The first-order valence-corrected chi connectivity index (χ1v) is 3.78. The van der Waals surface area contributed by atoms with Gasteiger partial charge < -0.3 is 4.74 Å². The molecule has 1 rings (SSSR count). The molecule has 0 amide bonds. The number of ether oxygens (including phenoxy) is 1. The average Bonchev–Trinajstić information content (AvgIpc) is 1.99. The fourth-order valence-electron chi connectivity index (χ4n) is 0.810. The fraction of sp³-hybridized carbons (Fsp3) is 0.143. The van der Waals surface area contributed by atoms with Crippen LogP contribution in [0.25, 0.3) is 0 Å². The van der Waals surface area contributed by atoms with Crippen molar-refractivity contribution in [1.29, 1.82) is 0 Å². The molecule has 0 N–H and O–H groups in total. The van der Waals surface area contributed by atoms with Gasteiger partial charge in [0.05, 0.1) is 12.4 Å². The maximum Gasteiger partial charge on any atom is 0.573 e. The summed E-state index contributed by atoms with van der Waals surface area (Å²) in [5.41, 5.74) is -0.996. The zero-order chi connectivity index (χ0) is 11.6. The lowest BCUT2D eigenvalue weighted by Crippen LogP contribution is -2.19. The van der Waals surface area contributed by atoms with Gasteiger partial charge in [-0.25, -0.2) is 4.39 Å². The van der Waals surface area contributed by atoms with Crippen molar-refractivity contribution in [2.75, 3.05) is 0 Å². The zero-order valence-corrected chi connectivity index (χ0v) is 7.56. The van der Waals surface area contributed by atoms with Crippen LogP contribution >= 0.6 is 11.6 Å². The van der Waals surface area contributed by atoms with Crippen LogP contribution in [0.4, 0.5) is 17.6 Å². The van der Waals surface area contributed by atoms with Crippen molar-refractivity contribution in [3.8, 4) is 5.75 Å². The van der Waals surface area contributed by atoms with E-state index in [0.29, 0.717) is 12.4 Å². The summed E-state index contributed by atoms with van der Waals surface area (Å²) in [6.07, 6.45) is -3.94. The van der Waals surface area contributed by atoms with Crippen molar-refractivity contribution >= 4 is 16.8 Å². The van der Waals surface area contributed by atoms with E-state index in [1.807, 2.05) is 0 Å². The third-order valence-electron chi connectivity index (χ3n) is 1.29. The van der Waals surface area contributed by atoms with Gasteiger partial charge in [0, 0.05) is 0 Å². The minimum Gasteiger partial charge on any atom is -0.403 e. The minimum absolute atomic E-state index is 0.548. The van der Waals surface area contributed by atoms with Crippen molar-refractivity contribution in [3.63, 3.8) is 0 Å². The van der Waals surface area contributed by atoms with Gasteiger partial charge in [-0.15, -0.1) is 13.2 Å². The molecule has 0 atom stereocenters. The van der Waals surface area contributed by atoms with Crippen LogP contribution in [-0.4, -0.2) is 16.6 Å². The second-order valence-corrected chi connectivity index (χ2v) is 2.66. The number of carbonyl (C=O) groups excluding carboxylic acids is 1. The summed E-state index contributed by atoms with van der Waals surface area (Å²) in [6.45, 7) is 0. The van der Waals surface area contributed by atoms with E-state index in [1.165, 1.54) is 0 Å². The third-order valence-corrected chi connectivity index (χ3v) is 1.48. The van der Waals surface area contributed by atoms with Crippen LogP contribution in [0.2, 0.25) is 0 Å². The lowest BCUT2D eigenvalue weighted by Gasteiger charge is -2.10. The summed E-state index contributed by atoms with van der Waals surface area (Å²) < 4.78 is 51.6. The van der Waals surface area contributed by atoms with Crippen LogP contribution in [0.1, 0.15) is 10.4 Å². The monoisotopic (exact) mass is 243 g/mol. The summed E-state index contributed by atoms with van der Waals surface area (Å²) in [5.74, 6) is -2.35. The zero-order valence-electron chi connectivity index (χ0n) is 6.81. The van der Waals surface area contributed by atoms with E-state index in [1.54, 1.807) is 0 Å². The Hall–Kier alpha value is -1.37. The Morgan fingerprint density at radius 1 is 1.40 bits per heavy atom. The predicted molar refractivity (Wildman–Crippen MR) is 41.1 cm³/mol. The maximum absolute atomic E-state index is 12.9. The molecule has 0 spiro atoms. The van der Waals surface area contributed by atoms with Gasteiger partial charge >= 0.3 is 6.36 Å². The molecule has 82 valence electrons. The second-order valence-electron chi connectivity index (χ2n) is 2.32. The van der Waals surface area contributed by atoms with Crippen molar-refractivity contribution in [3.05, 3.63) is 23.8 Å². The Labute approximate surface area is 85.6 Å². The third kappa shape index (κ3) is 3.05. The Morgan fingerprint density at radius 2 is 2.00 bits per heavy atom. The number of hydrogen-bond acceptors (Lipinski definition) is 3. The summed E-state index contributed by atoms with van der Waals surface area (Å²) >= 11 is 4.89. The molecule has 0 aliphatic rings. The topological polar surface area (TPSA) is 39.2 Å². The summed E-state index contributed by atoms with van der Waals surface area (Å²) in [6, 6.07) is 0. The molecule has 0 saturated carbocycles. The second kappa shape index (κ2) is 4.01. The molecule has 1 aromatic heterocycles. The number of hydrogen-bond donors (Lipinski definition) is 0. The highest BCUT2D eigenvalue weighted by atomic mass is 35.5. The molecule has 0 saturated heterocycles. The normalized spacial score (nSPS) is 11.3. The van der Waals surface area contributed by atoms with E-state index in [0.717, 1.165) is 0 Å². The molecule has 0 bridgehead atoms. The van der Waals surface area contributed by atoms with Gasteiger partial charge in [-0.05, 0) is 11.6 Å². The molecule has 0 radical (unpaired) electrons. The largest absolute Gasteiger partial charge is 0.573 e. The van der Waals surface area contributed by atoms with Gasteiger partial charge in [0.1, 0.15) is 5.56 Å². The van der Waals surface area contributed by atoms with Crippen LogP contribution < -0.4 is 4.74 Å². The van der Waals surface area contributed by atoms with E-state index < -0.39 is 28.7 Å². The quantitative estimate of drug-likeness (QED) is 0.592. The van der Waals surface area contributed by atoms with E-state index >= 15 is 0 Å². The lowest BCUT2D eigenvalue weighted by molar-refractivity contribution is -0.274. The lowest BCUT2D eigenvalue weighted by atomic mass is 10.2. The smallest absolute Gasteiger partial charge is 0.403 e. The molecular formula is C7H2ClF4NO2. The van der Waals surface area contributed by atoms with E-state index in [9.17, 15) is 22.4 Å². The first kappa shape index (κ1) is 11.7. The van der Waals surface area contributed by atoms with Crippen LogP contribution in [0.5, 0.6) is 5.75 Å². The van der Waals surface area contributed by atoms with Crippen molar-refractivity contribution in [1.82, 2.24) is 4.98 Å². The molecule has 1 heterocycles. The van der Waals surface area contributed by atoms with Gasteiger partial charge in [-0.2, -0.15) is 0 Å². The predicted octanol–water partition coefficient (Wildman–Crippen LogP) is 2.50. The Bertz CT molecular complexity index is 393. The van der Waals surface area contributed by atoms with E-state index in [4.69, 9.17) is 11.6 Å². The van der Waals surface area contributed by atoms with Gasteiger partial charge in [0.2, 0.25) is 0 Å². The molecule has 3 nitrogen and oxygen atoms in total. The summed E-state index contributed by atoms with van der Waals surface area (Å²) in [4.78, 5) is 13.7. The Kier molecular flexibility index (Phi) is 3.13. The van der Waals surface area contributed by atoms with Crippen LogP contribution in [0.3, 0.4) is 0 Å². The van der Waals surface area contributed by atoms with Crippen LogP contribution in [-0.2, 0) is 0 Å². The number of aromatic nitrogens is 1. The average molecular weight is 244 g/mol. The highest BCUT2D eigenvalue weighted by molar-refractivity contribution is 6.68. The maximum atomic E-state index is 12.9. The van der Waals surface area contributed by atoms with Gasteiger partial charge in [0.25, 0.3) is 5.24 Å². The van der Waals surface area contributed by atoms with Gasteiger partial charge in [-0.3, -0.25) is 9.78 Å². The number of rotatable bonds is 2. The molecule has 0 unspecified atom stereocenters. The first-order chi connectivity index (χ1) is 6.81. The Balaban J connectivity index is 3.18. The van der Waals surface area contributed by atoms with Gasteiger partial charge in [-0.1, -0.05) is 0 Å². The molecule has 8 heteroatoms. The number of alkyl halides is 3. The van der Waals surface area contributed by atoms with Gasteiger partial charge in [0.15, 0.2) is 11.6 Å². The van der Waals surface area contributed by atoms with Crippen molar-refractivity contribution in [2.45, 2.75) is 6.36 Å². The SMILES string of the molecule is O=C(Cl)c1c(F)cncc1OC(F)(F)F. The molecule has 0 fully saturated rings. The van der Waals surface area contributed by atoms with E-state index in [-0.39, 0.29) is 0 Å². The molecule has 15 heavy (non-hydrogen) atoms. The highest BCUT2D eigenvalue weighted by Crippen LogP contribution is 2.28. The number of pyridine rings is 1. The van der Waals surface area contributed by atoms with Crippen molar-refractivity contribution in [2.24, 2.45) is 0 Å². The first-order valence-electron chi connectivity index (χ1n) is 3.40. The summed E-state index contributed by atoms with van der Waals surface area (Å²) in [7, 11) is 0. The Morgan fingerprint density at radius 3 is 2.47 bits per heavy atom. The molecule has 0 aromatic carbocycles. The molecule has 0 aliphatic carbocycles. The fourth-order valence-corrected chi connectivity index (χ4v) is 0.993. The minimum atomic E-state index is -5.05. The standard InChI is InChI=1S/C7H2ClF4NO2/c8-6(14)5-3(9)1-13-2-4(5)15-7(10,11)12/h1-2H. The van der Waals surface area contributed by atoms with Crippen LogP contribution in [0, 0.1) is 5.82 Å². The van der Waals surface area contributed by atoms with Crippen LogP contribution in [0.15, 0.2) is 12.4 Å². The number of carbonyl (C=O) groups is 1. The molecule has 0 aliphatic heterocycles.